The number of hydrogen-bond acceptors (Lipinski definition) is 9. The largest absolute Gasteiger partial charge is 0.438 e. The van der Waals surface area contributed by atoms with Crippen LogP contribution < -0.4 is 11.1 Å². The van der Waals surface area contributed by atoms with E-state index < -0.39 is 18.8 Å². The lowest BCUT2D eigenvalue weighted by atomic mass is 9.98. The molecule has 1 aliphatic heterocycles. The van der Waals surface area contributed by atoms with Crippen LogP contribution in [0.4, 0.5) is 5.82 Å². The van der Waals surface area contributed by atoms with Gasteiger partial charge in [-0.2, -0.15) is 4.99 Å². The third kappa shape index (κ3) is 5.92. The first-order chi connectivity index (χ1) is 12.5. The molecular weight excluding hydrogens is 373 g/mol. The van der Waals surface area contributed by atoms with E-state index in [1.165, 1.54) is 6.66 Å². The fourth-order valence-corrected chi connectivity index (χ4v) is 2.87. The standard InChI is InChI=1S/C16H26N5O5P/c1-11-12-13(20-15(17)19-11)21(8-18-12)6-7-24-10-27(5,23)26-9-25-14(22)16(2,3)4/h8H,1,6-7,9-10H2,2-5H3,(H3,17,19,20). The van der Waals surface area contributed by atoms with E-state index in [1.807, 2.05) is 0 Å². The van der Waals surface area contributed by atoms with Gasteiger partial charge in [0.25, 0.3) is 0 Å². The molecule has 3 N–H and O–H groups in total. The zero-order valence-corrected chi connectivity index (χ0v) is 16.9. The first kappa shape index (κ1) is 21.1. The number of aliphatic imine (C=N–C) groups is 1. The summed E-state index contributed by atoms with van der Waals surface area (Å²) in [7, 11) is -3.05. The second kappa shape index (κ2) is 8.24. The van der Waals surface area contributed by atoms with Gasteiger partial charge in [-0.25, -0.2) is 4.98 Å². The average molecular weight is 399 g/mol. The number of aromatic nitrogens is 2. The highest BCUT2D eigenvalue weighted by Crippen LogP contribution is 2.42. The van der Waals surface area contributed by atoms with Gasteiger partial charge in [0.2, 0.25) is 7.37 Å². The summed E-state index contributed by atoms with van der Waals surface area (Å²) in [6.07, 6.45) is 1.51. The Balaban J connectivity index is 1.76. The number of nitrogens with two attached hydrogens (primary N) is 1. The molecule has 27 heavy (non-hydrogen) atoms. The summed E-state index contributed by atoms with van der Waals surface area (Å²) in [5, 5.41) is 2.81. The van der Waals surface area contributed by atoms with Crippen LogP contribution in [-0.2, 0) is 29.9 Å². The van der Waals surface area contributed by atoms with Gasteiger partial charge in [-0.15, -0.1) is 0 Å². The molecule has 0 aliphatic carbocycles. The lowest BCUT2D eigenvalue weighted by Gasteiger charge is -2.19. The van der Waals surface area contributed by atoms with Crippen LogP contribution >= 0.6 is 7.37 Å². The first-order valence-electron chi connectivity index (χ1n) is 8.31. The fraction of sp³-hybridized carbons (Fsp3) is 0.562. The molecule has 0 aromatic carbocycles. The number of ether oxygens (including phenoxy) is 2. The van der Waals surface area contributed by atoms with Crippen LogP contribution in [0, 0.1) is 5.41 Å². The van der Waals surface area contributed by atoms with Crippen molar-refractivity contribution in [3.8, 4) is 0 Å². The number of nitrogens with zero attached hydrogens (tertiary/aromatic N) is 3. The highest BCUT2D eigenvalue weighted by atomic mass is 31.2. The van der Waals surface area contributed by atoms with Crippen LogP contribution in [0.2, 0.25) is 0 Å². The number of carbonyl (C=O) groups excluding carboxylic acids is 1. The third-order valence-corrected chi connectivity index (χ3v) is 4.83. The number of hydrogen-bond donors (Lipinski definition) is 2. The van der Waals surface area contributed by atoms with Crippen LogP contribution in [-0.4, -0.2) is 47.9 Å². The molecule has 0 spiro atoms. The van der Waals surface area contributed by atoms with Gasteiger partial charge >= 0.3 is 5.97 Å². The maximum Gasteiger partial charge on any atom is 0.313 e. The van der Waals surface area contributed by atoms with Crippen molar-refractivity contribution >= 4 is 30.8 Å². The summed E-state index contributed by atoms with van der Waals surface area (Å²) in [5.41, 5.74) is 6.24. The molecule has 0 saturated heterocycles. The van der Waals surface area contributed by atoms with E-state index in [-0.39, 0.29) is 25.7 Å². The Hall–Kier alpha value is -2.16. The van der Waals surface area contributed by atoms with Gasteiger partial charge in [0.15, 0.2) is 18.6 Å². The first-order valence-corrected chi connectivity index (χ1v) is 10.6. The molecule has 0 radical (unpaired) electrons. The monoisotopic (exact) mass is 399 g/mol. The van der Waals surface area contributed by atoms with Gasteiger partial charge < -0.3 is 25.1 Å². The number of imidazole rings is 1. The molecular formula is C16H26N5O5P. The highest BCUT2D eigenvalue weighted by Gasteiger charge is 2.25. The van der Waals surface area contributed by atoms with E-state index in [4.69, 9.17) is 19.7 Å². The molecule has 1 aromatic rings. The minimum atomic E-state index is -3.05. The Kier molecular flexibility index (Phi) is 6.46. The Morgan fingerprint density at radius 1 is 1.44 bits per heavy atom. The SMILES string of the molecule is C=C1NC(N)=Nc2c1ncn2CCOCP(C)(=O)OCOC(=O)C(C)(C)C. The topological polar surface area (TPSA) is 130 Å². The zero-order valence-electron chi connectivity index (χ0n) is 16.0. The molecule has 11 heteroatoms. The predicted molar refractivity (Wildman–Crippen MR) is 102 cm³/mol. The van der Waals surface area contributed by atoms with Crippen molar-refractivity contribution in [1.29, 1.82) is 0 Å². The van der Waals surface area contributed by atoms with Gasteiger partial charge in [0.1, 0.15) is 12.0 Å². The van der Waals surface area contributed by atoms with E-state index in [9.17, 15) is 9.36 Å². The maximum absolute atomic E-state index is 12.3. The number of carbonyl (C=O) groups is 1. The van der Waals surface area contributed by atoms with E-state index in [0.717, 1.165) is 0 Å². The molecule has 0 saturated carbocycles. The van der Waals surface area contributed by atoms with Crippen molar-refractivity contribution < 1.29 is 23.4 Å². The van der Waals surface area contributed by atoms with Crippen LogP contribution in [0.25, 0.3) is 5.70 Å². The van der Waals surface area contributed by atoms with Crippen molar-refractivity contribution in [2.45, 2.75) is 27.3 Å². The second-order valence-corrected chi connectivity index (χ2v) is 9.74. The Morgan fingerprint density at radius 3 is 2.81 bits per heavy atom. The second-order valence-electron chi connectivity index (χ2n) is 7.19. The molecule has 150 valence electrons. The summed E-state index contributed by atoms with van der Waals surface area (Å²) in [6.45, 7) is 10.8. The number of esters is 1. The van der Waals surface area contributed by atoms with E-state index in [0.29, 0.717) is 23.8 Å². The molecule has 1 atom stereocenters. The van der Waals surface area contributed by atoms with Crippen LogP contribution in [0.3, 0.4) is 0 Å². The van der Waals surface area contributed by atoms with Crippen molar-refractivity contribution in [2.24, 2.45) is 16.1 Å². The molecule has 10 nitrogen and oxygen atoms in total. The lowest BCUT2D eigenvalue weighted by Crippen LogP contribution is -2.32. The highest BCUT2D eigenvalue weighted by molar-refractivity contribution is 7.57. The number of guanidine groups is 1. The van der Waals surface area contributed by atoms with Gasteiger partial charge in [0.05, 0.1) is 24.0 Å². The molecule has 1 aromatic heterocycles. The van der Waals surface area contributed by atoms with Crippen LogP contribution in [0.15, 0.2) is 17.9 Å². The normalized spacial score (nSPS) is 16.1. The van der Waals surface area contributed by atoms with Crippen LogP contribution in [0.5, 0.6) is 0 Å². The smallest absolute Gasteiger partial charge is 0.313 e. The Labute approximate surface area is 158 Å². The van der Waals surface area contributed by atoms with E-state index in [2.05, 4.69) is 21.9 Å². The minimum Gasteiger partial charge on any atom is -0.438 e. The molecule has 2 heterocycles. The summed E-state index contributed by atoms with van der Waals surface area (Å²) < 4.78 is 29.6. The number of nitrogens with one attached hydrogen (secondary N) is 1. The van der Waals surface area contributed by atoms with Crippen molar-refractivity contribution in [3.63, 3.8) is 0 Å². The number of fused-ring (bicyclic) bond motifs is 1. The zero-order chi connectivity index (χ0) is 20.2. The van der Waals surface area contributed by atoms with Crippen molar-refractivity contribution in [1.82, 2.24) is 14.9 Å². The van der Waals surface area contributed by atoms with Crippen molar-refractivity contribution in [3.05, 3.63) is 18.6 Å². The summed E-state index contributed by atoms with van der Waals surface area (Å²) in [5.74, 6) is 0.403. The van der Waals surface area contributed by atoms with E-state index in [1.54, 1.807) is 31.7 Å². The lowest BCUT2D eigenvalue weighted by molar-refractivity contribution is -0.159. The van der Waals surface area contributed by atoms with Gasteiger partial charge in [-0.3, -0.25) is 13.9 Å². The molecule has 1 unspecified atom stereocenters. The molecule has 2 rings (SSSR count). The molecule has 1 aliphatic rings. The Morgan fingerprint density at radius 2 is 2.15 bits per heavy atom. The van der Waals surface area contributed by atoms with Gasteiger partial charge in [-0.1, -0.05) is 6.58 Å². The van der Waals surface area contributed by atoms with Crippen LogP contribution in [0.1, 0.15) is 26.5 Å². The quantitative estimate of drug-likeness (QED) is 0.293. The van der Waals surface area contributed by atoms with Gasteiger partial charge in [0, 0.05) is 13.2 Å². The number of rotatable bonds is 8. The molecule has 0 bridgehead atoms. The van der Waals surface area contributed by atoms with Gasteiger partial charge in [-0.05, 0) is 20.8 Å². The molecule has 0 fully saturated rings. The third-order valence-electron chi connectivity index (χ3n) is 3.53. The summed E-state index contributed by atoms with van der Waals surface area (Å²) in [6, 6.07) is 0. The Bertz CT molecular complexity index is 796. The maximum atomic E-state index is 12.3. The average Bonchev–Trinajstić information content (AvgIpc) is 2.93. The summed E-state index contributed by atoms with van der Waals surface area (Å²) >= 11 is 0. The fourth-order valence-electron chi connectivity index (χ4n) is 2.06. The molecule has 0 amide bonds. The van der Waals surface area contributed by atoms with E-state index >= 15 is 0 Å². The predicted octanol–water partition coefficient (Wildman–Crippen LogP) is 1.85. The summed E-state index contributed by atoms with van der Waals surface area (Å²) in [4.78, 5) is 20.1. The van der Waals surface area contributed by atoms with Crippen molar-refractivity contribution in [2.75, 3.05) is 26.4 Å². The minimum absolute atomic E-state index is 0.101.